The van der Waals surface area contributed by atoms with Crippen LogP contribution >= 0.6 is 46.6 Å². The number of β-lactam (4-membered cyclic amide) rings is 2. The molecule has 29 heteroatoms. The van der Waals surface area contributed by atoms with E-state index in [1.54, 1.807) is 26.3 Å². The van der Waals surface area contributed by atoms with E-state index in [4.69, 9.17) is 5.41 Å². The summed E-state index contributed by atoms with van der Waals surface area (Å²) in [6.07, 6.45) is 1.24. The third-order valence-corrected chi connectivity index (χ3v) is 15.0. The lowest BCUT2D eigenvalue weighted by Gasteiger charge is -2.49. The van der Waals surface area contributed by atoms with Gasteiger partial charge in [0.1, 0.15) is 58.7 Å². The Balaban J connectivity index is 0.000000225. The third-order valence-electron chi connectivity index (χ3n) is 10.4. The number of phenolic OH excluding ortho intramolecular Hbond substituents is 1. The molecule has 7 heterocycles. The number of nitrogens with one attached hydrogen (secondary N) is 6. The number of aliphatic carboxylic acids is 2. The molecule has 68 heavy (non-hydrogen) atoms. The van der Waals surface area contributed by atoms with Crippen molar-refractivity contribution in [2.24, 2.45) is 12.2 Å². The molecule has 0 spiro atoms. The zero-order valence-corrected chi connectivity index (χ0v) is 39.1. The number of aromatic amines is 2. The summed E-state index contributed by atoms with van der Waals surface area (Å²) in [5.41, 5.74) is 1.19. The molecular weight excluding hydrogens is 971 g/mol. The van der Waals surface area contributed by atoms with Gasteiger partial charge in [-0.3, -0.25) is 44.0 Å². The number of pyridine rings is 1. The molecule has 2 fully saturated rings. The van der Waals surface area contributed by atoms with Crippen LogP contribution in [-0.2, 0) is 40.7 Å². The lowest BCUT2D eigenvalue weighted by atomic mass is 10.0. The third kappa shape index (κ3) is 9.89. The van der Waals surface area contributed by atoms with Gasteiger partial charge < -0.3 is 46.1 Å². The Bertz CT molecular complexity index is 2940. The molecule has 4 aliphatic rings. The van der Waals surface area contributed by atoms with Crippen LogP contribution < -0.4 is 26.2 Å². The van der Waals surface area contributed by atoms with Gasteiger partial charge in [-0.1, -0.05) is 29.1 Å². The van der Waals surface area contributed by atoms with Crippen molar-refractivity contribution in [2.75, 3.05) is 24.4 Å². The highest BCUT2D eigenvalue weighted by Gasteiger charge is 2.55. The number of hydrogen-bond donors (Lipinski definition) is 9. The van der Waals surface area contributed by atoms with Gasteiger partial charge in [-0.05, 0) is 53.1 Å². The van der Waals surface area contributed by atoms with Crippen LogP contribution in [0.1, 0.15) is 40.3 Å². The number of aryl methyl sites for hydroxylation is 2. The first-order valence-electron chi connectivity index (χ1n) is 19.8. The summed E-state index contributed by atoms with van der Waals surface area (Å²) < 4.78 is 1.45. The van der Waals surface area contributed by atoms with Gasteiger partial charge >= 0.3 is 11.9 Å². The highest BCUT2D eigenvalue weighted by molar-refractivity contribution is 8.01. The van der Waals surface area contributed by atoms with E-state index in [0.29, 0.717) is 33.4 Å². The normalized spacial score (nSPS) is 20.1. The van der Waals surface area contributed by atoms with Crippen LogP contribution in [0.3, 0.4) is 0 Å². The summed E-state index contributed by atoms with van der Waals surface area (Å²) in [5.74, 6) is -4.86. The number of hydrogen-bond acceptors (Lipinski definition) is 19. The average Bonchev–Trinajstić information content (AvgIpc) is 3.93. The number of carbonyl (C=O) groups is 7. The van der Waals surface area contributed by atoms with Crippen LogP contribution in [0.15, 0.2) is 79.6 Å². The molecule has 5 atom stereocenters. The fourth-order valence-corrected chi connectivity index (χ4v) is 11.4. The molecule has 0 radical (unpaired) electrons. The van der Waals surface area contributed by atoms with Crippen molar-refractivity contribution in [3.05, 3.63) is 102 Å². The van der Waals surface area contributed by atoms with Crippen LogP contribution in [0.4, 0.5) is 0 Å². The first-order chi connectivity index (χ1) is 32.4. The minimum atomic E-state index is -1.34. The van der Waals surface area contributed by atoms with E-state index >= 15 is 0 Å². The maximum Gasteiger partial charge on any atom is 0.352 e. The quantitative estimate of drug-likeness (QED) is 0.0335. The average molecular weight is 1010 g/mol. The molecule has 4 aliphatic heterocycles. The van der Waals surface area contributed by atoms with E-state index in [0.717, 1.165) is 16.2 Å². The van der Waals surface area contributed by atoms with Crippen molar-refractivity contribution in [2.45, 2.75) is 47.9 Å². The number of rotatable bonds is 14. The molecule has 3 aromatic heterocycles. The van der Waals surface area contributed by atoms with Crippen LogP contribution in [0, 0.1) is 12.3 Å². The number of nitrogens with zero attached hydrogens (tertiary/aromatic N) is 7. The Morgan fingerprint density at radius 3 is 2.22 bits per heavy atom. The van der Waals surface area contributed by atoms with Crippen LogP contribution in [-0.4, -0.2) is 150 Å². The predicted molar refractivity (Wildman–Crippen MR) is 243 cm³/mol. The van der Waals surface area contributed by atoms with E-state index in [-0.39, 0.29) is 50.3 Å². The number of carboxylic acid groups (broad SMARTS) is 2. The second kappa shape index (κ2) is 20.3. The zero-order valence-electron chi connectivity index (χ0n) is 35.8. The van der Waals surface area contributed by atoms with Gasteiger partial charge in [-0.15, -0.1) is 40.0 Å². The fraction of sp³-hybridized carbons (Fsp3) is 0.308. The minimum Gasteiger partial charge on any atom is -0.508 e. The number of fused-ring (bicyclic) bond motifs is 2. The van der Waals surface area contributed by atoms with Gasteiger partial charge in [0.15, 0.2) is 15.9 Å². The number of tetrazole rings is 1. The Labute approximate surface area is 399 Å². The summed E-state index contributed by atoms with van der Waals surface area (Å²) in [7, 11) is 2.93. The number of amides is 5. The van der Waals surface area contributed by atoms with Gasteiger partial charge in [0.05, 0.1) is 5.69 Å². The number of aromatic nitrogens is 6. The fourth-order valence-electron chi connectivity index (χ4n) is 7.16. The smallest absolute Gasteiger partial charge is 0.352 e. The van der Waals surface area contributed by atoms with E-state index in [2.05, 4.69) is 51.4 Å². The molecule has 0 saturated carbocycles. The molecule has 0 bridgehead atoms. The molecule has 0 aliphatic carbocycles. The van der Waals surface area contributed by atoms with Crippen LogP contribution in [0.25, 0.3) is 0 Å². The number of thiazole rings is 1. The highest BCUT2D eigenvalue weighted by Crippen LogP contribution is 2.42. The maximum atomic E-state index is 13.5. The molecule has 4 aromatic rings. The second-order valence-electron chi connectivity index (χ2n) is 14.9. The molecule has 8 rings (SSSR count). The van der Waals surface area contributed by atoms with Crippen molar-refractivity contribution in [1.82, 2.24) is 55.9 Å². The zero-order chi connectivity index (χ0) is 49.1. The Morgan fingerprint density at radius 2 is 1.63 bits per heavy atom. The van der Waals surface area contributed by atoms with Crippen LogP contribution in [0.2, 0.25) is 0 Å². The Hall–Kier alpha value is -7.24. The first kappa shape index (κ1) is 48.7. The number of oxime groups is 1. The summed E-state index contributed by atoms with van der Waals surface area (Å²) in [5, 5.41) is 59.9. The molecule has 356 valence electrons. The summed E-state index contributed by atoms with van der Waals surface area (Å²) in [6.45, 7) is 3.32. The van der Waals surface area contributed by atoms with E-state index in [1.165, 1.54) is 88.5 Å². The number of carboxylic acids is 2. The van der Waals surface area contributed by atoms with Crippen molar-refractivity contribution >= 4 is 93.8 Å². The number of carbonyl (C=O) groups excluding carboxylic acids is 5. The van der Waals surface area contributed by atoms with Gasteiger partial charge in [-0.2, -0.15) is 0 Å². The summed E-state index contributed by atoms with van der Waals surface area (Å²) >= 11 is 4.99. The lowest BCUT2D eigenvalue weighted by Crippen LogP contribution is -2.71. The molecule has 9 N–H and O–H groups in total. The van der Waals surface area contributed by atoms with Crippen molar-refractivity contribution in [3.8, 4) is 5.75 Å². The standard InChI is InChI=1S/C25H24N8O7S2.C14H15N5O5S2/c1-11-7-16(35)15(8-26-11)20(36)27-17(12-3-5-14(34)6-4-12)21(37)28-18-22(38)33-19(24(39)40)13(9-41-23(18)33)10-42-25-29-30-31-32(25)2;1-5-3-25-12-8(11(21)19(12)9(5)13(22)23)17-10(20)7(18-24-2)6-4-26-14(15)16-6/h3-8,17-18,23,34H,9-10H2,1-2H3,(H,26,35)(H,27,36)(H,28,37)(H,39,40);4,8,12H,3H2,1-2H3,(H2,15,16)(H,17,20)(H,22,23)/b;18-7-/t17-,18-,23-;8-,12-/m11/s1. The molecule has 25 nitrogen and oxygen atoms in total. The monoisotopic (exact) mass is 1010 g/mol. The molecule has 5 amide bonds. The van der Waals surface area contributed by atoms with Gasteiger partial charge in [-0.25, -0.2) is 14.3 Å². The van der Waals surface area contributed by atoms with Gasteiger partial charge in [0.25, 0.3) is 23.6 Å². The molecule has 1 aromatic carbocycles. The van der Waals surface area contributed by atoms with Gasteiger partial charge in [0, 0.05) is 47.6 Å². The topological polar surface area (TPSA) is 360 Å². The van der Waals surface area contributed by atoms with Crippen LogP contribution in [0.5, 0.6) is 5.75 Å². The Morgan fingerprint density at radius 1 is 0.985 bits per heavy atom. The summed E-state index contributed by atoms with van der Waals surface area (Å²) in [6, 6.07) is 3.49. The molecule has 2 saturated heterocycles. The van der Waals surface area contributed by atoms with E-state index in [9.17, 15) is 53.7 Å². The highest BCUT2D eigenvalue weighted by atomic mass is 32.2. The van der Waals surface area contributed by atoms with Gasteiger partial charge in [0.2, 0.25) is 11.1 Å². The van der Waals surface area contributed by atoms with E-state index in [1.807, 2.05) is 0 Å². The lowest BCUT2D eigenvalue weighted by molar-refractivity contribution is -0.151. The predicted octanol–water partition coefficient (Wildman–Crippen LogP) is -0.421. The number of H-pyrrole nitrogens is 2. The van der Waals surface area contributed by atoms with E-state index < -0.39 is 75.8 Å². The maximum absolute atomic E-state index is 13.5. The minimum absolute atomic E-state index is 0.0277. The largest absolute Gasteiger partial charge is 0.508 e. The summed E-state index contributed by atoms with van der Waals surface area (Å²) in [4.78, 5) is 113. The SMILES string of the molecule is CO/N=C(\C(=O)N[C@@H]1C(=O)N2C(C(=O)O)=C(C)CS[C@H]12)c1csc(=N)[nH]1.Cc1cc(=O)c(C(=O)N[C@@H](C(=O)N[C@@H]2C(=O)N3C(C(=O)O)=C(CSc4nnnn4C)CS[C@H]23)c2ccc(O)cc2)c[nH]1. The molecule has 0 unspecified atom stereocenters. The number of thioether (sulfide) groups is 3. The van der Waals surface area contributed by atoms with Crippen molar-refractivity contribution in [3.63, 3.8) is 0 Å². The first-order valence-corrected chi connectivity index (χ1v) is 23.7. The number of aromatic hydroxyl groups is 1. The number of benzene rings is 1. The Kier molecular flexibility index (Phi) is 14.6. The molecular formula is C39H39N13O12S4. The number of phenols is 1. The van der Waals surface area contributed by atoms with Crippen molar-refractivity contribution < 1.29 is 53.7 Å². The second-order valence-corrected chi connectivity index (χ2v) is 19.0. The van der Waals surface area contributed by atoms with Crippen molar-refractivity contribution in [1.29, 1.82) is 5.41 Å².